The molecule has 0 bridgehead atoms. The molecule has 4 heteroatoms. The van der Waals surface area contributed by atoms with E-state index in [9.17, 15) is 9.90 Å². The maximum atomic E-state index is 12.2. The van der Waals surface area contributed by atoms with Crippen LogP contribution in [-0.2, 0) is 10.2 Å². The van der Waals surface area contributed by atoms with Crippen molar-refractivity contribution in [3.05, 3.63) is 35.4 Å². The number of carbonyl (C=O) groups is 1. The molecule has 1 aromatic rings. The molecule has 23 heavy (non-hydrogen) atoms. The second-order valence-corrected chi connectivity index (χ2v) is 7.94. The first kappa shape index (κ1) is 16.3. The van der Waals surface area contributed by atoms with E-state index in [-0.39, 0.29) is 23.5 Å². The van der Waals surface area contributed by atoms with E-state index in [0.29, 0.717) is 13.1 Å². The van der Waals surface area contributed by atoms with Gasteiger partial charge in [-0.25, -0.2) is 4.79 Å². The highest BCUT2D eigenvalue weighted by Crippen LogP contribution is 2.51. The van der Waals surface area contributed by atoms with Crippen LogP contribution in [0.2, 0.25) is 0 Å². The zero-order valence-electron chi connectivity index (χ0n) is 14.5. The van der Waals surface area contributed by atoms with Crippen molar-refractivity contribution >= 4 is 6.09 Å². The van der Waals surface area contributed by atoms with Crippen LogP contribution in [0.4, 0.5) is 4.79 Å². The van der Waals surface area contributed by atoms with E-state index in [1.807, 2.05) is 32.9 Å². The molecule has 1 aliphatic heterocycles. The van der Waals surface area contributed by atoms with Crippen LogP contribution in [0.25, 0.3) is 0 Å². The molecule has 4 nitrogen and oxygen atoms in total. The van der Waals surface area contributed by atoms with Gasteiger partial charge in [-0.15, -0.1) is 0 Å². The molecule has 2 atom stereocenters. The van der Waals surface area contributed by atoms with Gasteiger partial charge >= 0.3 is 6.09 Å². The number of hydrogen-bond acceptors (Lipinski definition) is 3. The number of rotatable bonds is 0. The summed E-state index contributed by atoms with van der Waals surface area (Å²) in [6.07, 6.45) is 0.950. The summed E-state index contributed by atoms with van der Waals surface area (Å²) < 4.78 is 5.47. The molecular weight excluding hydrogens is 290 g/mol. The number of carbonyl (C=O) groups excluding carboxylic acids is 1. The number of fused-ring (bicyclic) bond motifs is 2. The monoisotopic (exact) mass is 317 g/mol. The van der Waals surface area contributed by atoms with Gasteiger partial charge in [-0.05, 0) is 44.7 Å². The molecule has 126 valence electrons. The minimum Gasteiger partial charge on any atom is -0.444 e. The Labute approximate surface area is 138 Å². The molecular formula is C19H27NO3. The highest BCUT2D eigenvalue weighted by Gasteiger charge is 2.51. The zero-order valence-corrected chi connectivity index (χ0v) is 14.5. The minimum atomic E-state index is -0.472. The third-order valence-electron chi connectivity index (χ3n) is 5.33. The first-order valence-corrected chi connectivity index (χ1v) is 8.50. The van der Waals surface area contributed by atoms with Gasteiger partial charge in [0.2, 0.25) is 0 Å². The number of benzene rings is 1. The molecule has 1 amide bonds. The van der Waals surface area contributed by atoms with Gasteiger partial charge in [0.05, 0.1) is 6.10 Å². The number of amides is 1. The SMILES string of the molecule is CC1c2ccccc2C2(CCN(C(=O)OC(C)(C)C)CC2)C1O. The average Bonchev–Trinajstić information content (AvgIpc) is 2.70. The van der Waals surface area contributed by atoms with Crippen molar-refractivity contribution in [3.8, 4) is 0 Å². The maximum Gasteiger partial charge on any atom is 0.410 e. The van der Waals surface area contributed by atoms with Crippen LogP contribution < -0.4 is 0 Å². The Bertz CT molecular complexity index is 597. The third kappa shape index (κ3) is 2.74. The molecule has 1 spiro atoms. The molecule has 1 N–H and O–H groups in total. The number of aliphatic hydroxyl groups excluding tert-OH is 1. The maximum absolute atomic E-state index is 12.2. The molecule has 1 aliphatic carbocycles. The van der Waals surface area contributed by atoms with Crippen molar-refractivity contribution in [3.63, 3.8) is 0 Å². The van der Waals surface area contributed by atoms with E-state index in [1.54, 1.807) is 4.90 Å². The van der Waals surface area contributed by atoms with Gasteiger partial charge in [0.1, 0.15) is 5.60 Å². The van der Waals surface area contributed by atoms with Gasteiger partial charge < -0.3 is 14.7 Å². The standard InChI is InChI=1S/C19H27NO3/c1-13-14-7-5-6-8-15(14)19(16(13)21)9-11-20(12-10-19)17(22)23-18(2,3)4/h5-8,13,16,21H,9-12H2,1-4H3. The van der Waals surface area contributed by atoms with Crippen LogP contribution in [0.3, 0.4) is 0 Å². The molecule has 2 aliphatic rings. The molecule has 2 unspecified atom stereocenters. The molecule has 0 aromatic heterocycles. The molecule has 1 saturated heterocycles. The van der Waals surface area contributed by atoms with Crippen LogP contribution in [-0.4, -0.2) is 40.9 Å². The number of hydrogen-bond donors (Lipinski definition) is 1. The fourth-order valence-corrected chi connectivity index (χ4v) is 4.14. The van der Waals surface area contributed by atoms with Crippen molar-refractivity contribution in [2.24, 2.45) is 0 Å². The summed E-state index contributed by atoms with van der Waals surface area (Å²) in [5.74, 6) is 0.152. The lowest BCUT2D eigenvalue weighted by Gasteiger charge is -2.42. The van der Waals surface area contributed by atoms with E-state index < -0.39 is 5.60 Å². The van der Waals surface area contributed by atoms with Gasteiger partial charge in [0.15, 0.2) is 0 Å². The summed E-state index contributed by atoms with van der Waals surface area (Å²) in [4.78, 5) is 14.0. The highest BCUT2D eigenvalue weighted by atomic mass is 16.6. The smallest absolute Gasteiger partial charge is 0.410 e. The van der Waals surface area contributed by atoms with E-state index in [1.165, 1.54) is 11.1 Å². The Morgan fingerprint density at radius 3 is 2.48 bits per heavy atom. The number of likely N-dealkylation sites (tertiary alicyclic amines) is 1. The molecule has 1 fully saturated rings. The average molecular weight is 317 g/mol. The summed E-state index contributed by atoms with van der Waals surface area (Å²) in [5.41, 5.74) is 1.84. The van der Waals surface area contributed by atoms with Gasteiger partial charge in [-0.3, -0.25) is 0 Å². The molecule has 0 saturated carbocycles. The van der Waals surface area contributed by atoms with Crippen LogP contribution in [0, 0.1) is 0 Å². The van der Waals surface area contributed by atoms with Crippen LogP contribution in [0.1, 0.15) is 57.6 Å². The minimum absolute atomic E-state index is 0.152. The Morgan fingerprint density at radius 2 is 1.87 bits per heavy atom. The van der Waals surface area contributed by atoms with E-state index in [4.69, 9.17) is 4.74 Å². The van der Waals surface area contributed by atoms with E-state index in [2.05, 4.69) is 19.1 Å². The van der Waals surface area contributed by atoms with E-state index >= 15 is 0 Å². The van der Waals surface area contributed by atoms with Gasteiger partial charge in [-0.1, -0.05) is 31.2 Å². The van der Waals surface area contributed by atoms with Crippen LogP contribution in [0.5, 0.6) is 0 Å². The number of piperidine rings is 1. The Balaban J connectivity index is 1.77. The summed E-state index contributed by atoms with van der Waals surface area (Å²) in [6.45, 7) is 9.01. The van der Waals surface area contributed by atoms with Crippen LogP contribution >= 0.6 is 0 Å². The number of ether oxygens (including phenoxy) is 1. The topological polar surface area (TPSA) is 49.8 Å². The summed E-state index contributed by atoms with van der Waals surface area (Å²) in [6, 6.07) is 8.35. The lowest BCUT2D eigenvalue weighted by molar-refractivity contribution is -0.000704. The van der Waals surface area contributed by atoms with Gasteiger partial charge in [-0.2, -0.15) is 0 Å². The fraction of sp³-hybridized carbons (Fsp3) is 0.632. The lowest BCUT2D eigenvalue weighted by atomic mass is 9.71. The van der Waals surface area contributed by atoms with Crippen LogP contribution in [0.15, 0.2) is 24.3 Å². The lowest BCUT2D eigenvalue weighted by Crippen LogP contribution is -2.50. The summed E-state index contributed by atoms with van der Waals surface area (Å²) >= 11 is 0. The Hall–Kier alpha value is -1.55. The van der Waals surface area contributed by atoms with Crippen molar-refractivity contribution in [1.29, 1.82) is 0 Å². The van der Waals surface area contributed by atoms with Crippen molar-refractivity contribution in [2.75, 3.05) is 13.1 Å². The predicted octanol–water partition coefficient (Wildman–Crippen LogP) is 3.43. The van der Waals surface area contributed by atoms with E-state index in [0.717, 1.165) is 12.8 Å². The fourth-order valence-electron chi connectivity index (χ4n) is 4.14. The van der Waals surface area contributed by atoms with Crippen molar-refractivity contribution in [2.45, 2.75) is 63.6 Å². The first-order valence-electron chi connectivity index (χ1n) is 8.50. The highest BCUT2D eigenvalue weighted by molar-refractivity contribution is 5.68. The normalized spacial score (nSPS) is 26.2. The Morgan fingerprint density at radius 1 is 1.26 bits per heavy atom. The second kappa shape index (κ2) is 5.52. The first-order chi connectivity index (χ1) is 10.7. The zero-order chi connectivity index (χ0) is 16.8. The molecule has 0 radical (unpaired) electrons. The predicted molar refractivity (Wildman–Crippen MR) is 89.6 cm³/mol. The molecule has 3 rings (SSSR count). The van der Waals surface area contributed by atoms with Gasteiger partial charge in [0, 0.05) is 24.4 Å². The quantitative estimate of drug-likeness (QED) is 0.797. The van der Waals surface area contributed by atoms with Crippen molar-refractivity contribution < 1.29 is 14.6 Å². The number of nitrogens with zero attached hydrogens (tertiary/aromatic N) is 1. The summed E-state index contributed by atoms with van der Waals surface area (Å²) in [7, 11) is 0. The largest absolute Gasteiger partial charge is 0.444 e. The summed E-state index contributed by atoms with van der Waals surface area (Å²) in [5, 5.41) is 10.9. The number of aliphatic hydroxyl groups is 1. The second-order valence-electron chi connectivity index (χ2n) is 7.94. The van der Waals surface area contributed by atoms with Gasteiger partial charge in [0.25, 0.3) is 0 Å². The molecule has 1 heterocycles. The third-order valence-corrected chi connectivity index (χ3v) is 5.33. The van der Waals surface area contributed by atoms with Crippen molar-refractivity contribution in [1.82, 2.24) is 4.90 Å². The Kier molecular flexibility index (Phi) is 3.91. The molecule has 1 aromatic carbocycles.